The second kappa shape index (κ2) is 7.61. The average molecular weight is 428 g/mol. The van der Waals surface area contributed by atoms with Crippen molar-refractivity contribution in [1.82, 2.24) is 9.55 Å². The van der Waals surface area contributed by atoms with Gasteiger partial charge in [-0.1, -0.05) is 72.8 Å². The Balaban J connectivity index is 1.79. The Morgan fingerprint density at radius 3 is 1.97 bits per heavy atom. The highest BCUT2D eigenvalue weighted by atomic mass is 16.5. The molecule has 0 bridgehead atoms. The molecule has 1 heterocycles. The molecule has 5 aromatic carbocycles. The molecule has 0 saturated carbocycles. The Morgan fingerprint density at radius 1 is 0.727 bits per heavy atom. The van der Waals surface area contributed by atoms with Gasteiger partial charge >= 0.3 is 0 Å². The van der Waals surface area contributed by atoms with Crippen LogP contribution in [0.2, 0.25) is 0 Å². The van der Waals surface area contributed by atoms with Gasteiger partial charge in [-0.25, -0.2) is 4.98 Å². The normalized spacial score (nSPS) is 11.3. The first kappa shape index (κ1) is 19.3. The molecule has 0 N–H and O–H groups in total. The zero-order valence-corrected chi connectivity index (χ0v) is 18.0. The third-order valence-electron chi connectivity index (χ3n) is 6.17. The number of fused-ring (bicyclic) bond motifs is 6. The van der Waals surface area contributed by atoms with Gasteiger partial charge in [-0.15, -0.1) is 0 Å². The minimum Gasteiger partial charge on any atom is -0.497 e. The fraction of sp³-hybridized carbons (Fsp3) is 0.0345. The van der Waals surface area contributed by atoms with Crippen molar-refractivity contribution in [3.63, 3.8) is 0 Å². The standard InChI is InChI=1S/C29H20N2O2/c1-33-22-16-14-21(15-17-22)31-28-26-9-5-3-7-24(26)23-6-2-4-8-25(23)27(28)30-29(31)20-12-10-19(18-32)11-13-20/h2-18H,1H3. The van der Waals surface area contributed by atoms with Gasteiger partial charge in [0.05, 0.1) is 18.1 Å². The first-order valence-electron chi connectivity index (χ1n) is 10.8. The monoisotopic (exact) mass is 428 g/mol. The molecule has 0 aliphatic carbocycles. The number of aromatic nitrogens is 2. The van der Waals surface area contributed by atoms with E-state index in [1.54, 1.807) is 7.11 Å². The molecule has 33 heavy (non-hydrogen) atoms. The lowest BCUT2D eigenvalue weighted by molar-refractivity contribution is 0.112. The number of hydrogen-bond acceptors (Lipinski definition) is 3. The maximum absolute atomic E-state index is 11.2. The quantitative estimate of drug-likeness (QED) is 0.229. The number of methoxy groups -OCH3 is 1. The third-order valence-corrected chi connectivity index (χ3v) is 6.17. The number of rotatable bonds is 4. The van der Waals surface area contributed by atoms with E-state index in [4.69, 9.17) is 9.72 Å². The van der Waals surface area contributed by atoms with E-state index in [0.29, 0.717) is 5.56 Å². The second-order valence-corrected chi connectivity index (χ2v) is 8.00. The molecule has 0 amide bonds. The number of ether oxygens (including phenoxy) is 1. The maximum atomic E-state index is 11.2. The Kier molecular flexibility index (Phi) is 4.44. The third kappa shape index (κ3) is 2.99. The molecule has 1 aromatic heterocycles. The SMILES string of the molecule is COc1ccc(-n2c(-c3ccc(C=O)cc3)nc3c4ccccc4c4ccccc4c32)cc1. The van der Waals surface area contributed by atoms with Crippen LogP contribution < -0.4 is 4.74 Å². The van der Waals surface area contributed by atoms with E-state index in [2.05, 4.69) is 53.1 Å². The zero-order chi connectivity index (χ0) is 22.4. The molecule has 0 aliphatic rings. The minimum absolute atomic E-state index is 0.641. The van der Waals surface area contributed by atoms with Gasteiger partial charge in [0.15, 0.2) is 0 Å². The van der Waals surface area contributed by atoms with Gasteiger partial charge in [0, 0.05) is 27.6 Å². The highest BCUT2D eigenvalue weighted by Gasteiger charge is 2.20. The number of aldehydes is 1. The number of imidazole rings is 1. The van der Waals surface area contributed by atoms with Crippen LogP contribution in [0.5, 0.6) is 5.75 Å². The summed E-state index contributed by atoms with van der Waals surface area (Å²) >= 11 is 0. The van der Waals surface area contributed by atoms with Gasteiger partial charge in [-0.2, -0.15) is 0 Å². The fourth-order valence-electron chi connectivity index (χ4n) is 4.59. The first-order chi connectivity index (χ1) is 16.3. The van der Waals surface area contributed by atoms with Crippen molar-refractivity contribution in [3.05, 3.63) is 103 Å². The molecule has 0 aliphatic heterocycles. The summed E-state index contributed by atoms with van der Waals surface area (Å²) in [5.41, 5.74) is 4.59. The lowest BCUT2D eigenvalue weighted by Crippen LogP contribution is -1.98. The summed E-state index contributed by atoms with van der Waals surface area (Å²) in [5, 5.41) is 4.63. The van der Waals surface area contributed by atoms with E-state index in [1.807, 2.05) is 48.5 Å². The summed E-state index contributed by atoms with van der Waals surface area (Å²) in [7, 11) is 1.67. The number of carbonyl (C=O) groups excluding carboxylic acids is 1. The smallest absolute Gasteiger partial charge is 0.150 e. The molecule has 6 rings (SSSR count). The zero-order valence-electron chi connectivity index (χ0n) is 18.0. The van der Waals surface area contributed by atoms with E-state index >= 15 is 0 Å². The van der Waals surface area contributed by atoms with Crippen molar-refractivity contribution in [2.24, 2.45) is 0 Å². The van der Waals surface area contributed by atoms with Gasteiger partial charge in [0.1, 0.15) is 17.9 Å². The van der Waals surface area contributed by atoms with Crippen LogP contribution in [0.4, 0.5) is 0 Å². The average Bonchev–Trinajstić information content (AvgIpc) is 3.30. The molecular formula is C29H20N2O2. The van der Waals surface area contributed by atoms with Crippen molar-refractivity contribution in [1.29, 1.82) is 0 Å². The van der Waals surface area contributed by atoms with E-state index < -0.39 is 0 Å². The van der Waals surface area contributed by atoms with Crippen LogP contribution in [0.25, 0.3) is 49.7 Å². The number of benzene rings is 5. The minimum atomic E-state index is 0.641. The van der Waals surface area contributed by atoms with Gasteiger partial charge in [0.25, 0.3) is 0 Å². The van der Waals surface area contributed by atoms with Gasteiger partial charge in [-0.3, -0.25) is 9.36 Å². The molecule has 0 unspecified atom stereocenters. The van der Waals surface area contributed by atoms with Crippen LogP contribution in [-0.2, 0) is 0 Å². The molecule has 0 radical (unpaired) electrons. The molecule has 4 nitrogen and oxygen atoms in total. The number of nitrogens with zero attached hydrogens (tertiary/aromatic N) is 2. The van der Waals surface area contributed by atoms with Gasteiger partial charge in [-0.05, 0) is 35.0 Å². The summed E-state index contributed by atoms with van der Waals surface area (Å²) < 4.78 is 7.59. The predicted octanol–water partition coefficient (Wildman–Crippen LogP) is 6.82. The topological polar surface area (TPSA) is 44.1 Å². The molecule has 0 spiro atoms. The summed E-state index contributed by atoms with van der Waals surface area (Å²) in [4.78, 5) is 16.4. The fourth-order valence-corrected chi connectivity index (χ4v) is 4.59. The Morgan fingerprint density at radius 2 is 1.33 bits per heavy atom. The van der Waals surface area contributed by atoms with Crippen LogP contribution >= 0.6 is 0 Å². The Labute approximate surface area is 190 Å². The largest absolute Gasteiger partial charge is 0.497 e. The molecule has 0 saturated heterocycles. The van der Waals surface area contributed by atoms with Crippen LogP contribution in [0.15, 0.2) is 97.1 Å². The predicted molar refractivity (Wildman–Crippen MR) is 133 cm³/mol. The first-order valence-corrected chi connectivity index (χ1v) is 10.8. The van der Waals surface area contributed by atoms with Crippen molar-refractivity contribution in [3.8, 4) is 22.8 Å². The van der Waals surface area contributed by atoms with Crippen LogP contribution in [-0.4, -0.2) is 22.9 Å². The Bertz CT molecular complexity index is 1650. The summed E-state index contributed by atoms with van der Waals surface area (Å²) in [6.45, 7) is 0. The van der Waals surface area contributed by atoms with E-state index in [-0.39, 0.29) is 0 Å². The molecule has 4 heteroatoms. The summed E-state index contributed by atoms with van der Waals surface area (Å²) in [6, 6.07) is 32.5. The lowest BCUT2D eigenvalue weighted by Gasteiger charge is -2.13. The van der Waals surface area contributed by atoms with Gasteiger partial charge < -0.3 is 4.74 Å². The van der Waals surface area contributed by atoms with E-state index in [1.165, 1.54) is 10.8 Å². The van der Waals surface area contributed by atoms with Crippen molar-refractivity contribution in [2.75, 3.05) is 7.11 Å². The van der Waals surface area contributed by atoms with Crippen LogP contribution in [0, 0.1) is 0 Å². The molecule has 6 aromatic rings. The van der Waals surface area contributed by atoms with Gasteiger partial charge in [0.2, 0.25) is 0 Å². The lowest BCUT2D eigenvalue weighted by atomic mass is 10.00. The van der Waals surface area contributed by atoms with Crippen molar-refractivity contribution in [2.45, 2.75) is 0 Å². The molecule has 158 valence electrons. The van der Waals surface area contributed by atoms with Crippen LogP contribution in [0.3, 0.4) is 0 Å². The maximum Gasteiger partial charge on any atom is 0.150 e. The molecular weight excluding hydrogens is 408 g/mol. The molecule has 0 atom stereocenters. The Hall–Kier alpha value is -4.44. The summed E-state index contributed by atoms with van der Waals surface area (Å²) in [5.74, 6) is 1.63. The summed E-state index contributed by atoms with van der Waals surface area (Å²) in [6.07, 6.45) is 0.858. The second-order valence-electron chi connectivity index (χ2n) is 8.00. The highest BCUT2D eigenvalue weighted by Crippen LogP contribution is 2.39. The van der Waals surface area contributed by atoms with Crippen molar-refractivity contribution >= 4 is 38.9 Å². The van der Waals surface area contributed by atoms with Crippen molar-refractivity contribution < 1.29 is 9.53 Å². The highest BCUT2D eigenvalue weighted by molar-refractivity contribution is 6.24. The van der Waals surface area contributed by atoms with E-state index in [0.717, 1.165) is 50.9 Å². The van der Waals surface area contributed by atoms with Crippen LogP contribution in [0.1, 0.15) is 10.4 Å². The number of hydrogen-bond donors (Lipinski definition) is 0. The van der Waals surface area contributed by atoms with E-state index in [9.17, 15) is 4.79 Å². The molecule has 0 fully saturated rings. The number of carbonyl (C=O) groups is 1.